The van der Waals surface area contributed by atoms with Crippen LogP contribution < -0.4 is 5.73 Å². The minimum absolute atomic E-state index is 0.227. The molecule has 1 saturated carbocycles. The molecule has 0 spiro atoms. The van der Waals surface area contributed by atoms with Crippen molar-refractivity contribution in [2.75, 3.05) is 6.54 Å². The molecule has 0 radical (unpaired) electrons. The highest BCUT2D eigenvalue weighted by molar-refractivity contribution is 9.10. The van der Waals surface area contributed by atoms with Gasteiger partial charge in [0, 0.05) is 33.5 Å². The molecule has 2 nitrogen and oxygen atoms in total. The average Bonchev–Trinajstić information content (AvgIpc) is 2.97. The lowest BCUT2D eigenvalue weighted by Gasteiger charge is -2.28. The van der Waals surface area contributed by atoms with E-state index >= 15 is 0 Å². The monoisotopic (exact) mass is 292 g/mol. The molecule has 1 aliphatic carbocycles. The summed E-state index contributed by atoms with van der Waals surface area (Å²) in [4.78, 5) is 3.26. The summed E-state index contributed by atoms with van der Waals surface area (Å²) in [5, 5.41) is 1.27. The fourth-order valence-corrected chi connectivity index (χ4v) is 3.52. The zero-order valence-electron chi connectivity index (χ0n) is 9.80. The molecule has 0 saturated heterocycles. The van der Waals surface area contributed by atoms with Crippen LogP contribution in [0.4, 0.5) is 0 Å². The van der Waals surface area contributed by atoms with Crippen LogP contribution >= 0.6 is 15.9 Å². The molecule has 1 aromatic heterocycles. The van der Waals surface area contributed by atoms with E-state index in [1.807, 2.05) is 6.20 Å². The van der Waals surface area contributed by atoms with Crippen LogP contribution in [0.2, 0.25) is 0 Å². The maximum atomic E-state index is 6.04. The van der Waals surface area contributed by atoms with Crippen molar-refractivity contribution in [3.8, 4) is 0 Å². The van der Waals surface area contributed by atoms with E-state index in [-0.39, 0.29) is 5.41 Å². The van der Waals surface area contributed by atoms with Crippen LogP contribution in [0.3, 0.4) is 0 Å². The van der Waals surface area contributed by atoms with E-state index in [4.69, 9.17) is 5.73 Å². The molecule has 3 heteroatoms. The first-order valence-corrected chi connectivity index (χ1v) is 7.02. The molecule has 0 aliphatic heterocycles. The van der Waals surface area contributed by atoms with Crippen LogP contribution in [0.5, 0.6) is 0 Å². The van der Waals surface area contributed by atoms with E-state index in [2.05, 4.69) is 39.1 Å². The van der Waals surface area contributed by atoms with Gasteiger partial charge in [-0.05, 0) is 46.5 Å². The van der Waals surface area contributed by atoms with Crippen molar-refractivity contribution in [2.45, 2.75) is 31.1 Å². The van der Waals surface area contributed by atoms with Gasteiger partial charge in [-0.3, -0.25) is 0 Å². The highest BCUT2D eigenvalue weighted by Crippen LogP contribution is 2.41. The van der Waals surface area contributed by atoms with Gasteiger partial charge >= 0.3 is 0 Å². The molecule has 0 unspecified atom stereocenters. The van der Waals surface area contributed by atoms with Gasteiger partial charge in [-0.2, -0.15) is 0 Å². The van der Waals surface area contributed by atoms with E-state index in [1.54, 1.807) is 0 Å². The Morgan fingerprint density at radius 1 is 1.29 bits per heavy atom. The molecule has 3 rings (SSSR count). The average molecular weight is 293 g/mol. The Morgan fingerprint density at radius 3 is 2.76 bits per heavy atom. The molecule has 1 fully saturated rings. The number of fused-ring (bicyclic) bond motifs is 1. The van der Waals surface area contributed by atoms with Gasteiger partial charge in [0.05, 0.1) is 0 Å². The molecule has 0 bridgehead atoms. The summed E-state index contributed by atoms with van der Waals surface area (Å²) in [6, 6.07) is 6.71. The van der Waals surface area contributed by atoms with Crippen molar-refractivity contribution in [1.29, 1.82) is 0 Å². The normalized spacial score (nSPS) is 18.9. The van der Waals surface area contributed by atoms with Crippen molar-refractivity contribution in [2.24, 2.45) is 5.73 Å². The van der Waals surface area contributed by atoms with Crippen LogP contribution in [0, 0.1) is 0 Å². The van der Waals surface area contributed by atoms with Gasteiger partial charge in [-0.15, -0.1) is 0 Å². The van der Waals surface area contributed by atoms with Gasteiger partial charge in [0.15, 0.2) is 0 Å². The number of aromatic nitrogens is 1. The van der Waals surface area contributed by atoms with Crippen LogP contribution in [-0.2, 0) is 5.41 Å². The summed E-state index contributed by atoms with van der Waals surface area (Å²) >= 11 is 3.59. The first-order valence-electron chi connectivity index (χ1n) is 6.22. The summed E-state index contributed by atoms with van der Waals surface area (Å²) in [6.45, 7) is 0.764. The number of nitrogens with two attached hydrogens (primary N) is 1. The second kappa shape index (κ2) is 4.14. The van der Waals surface area contributed by atoms with Crippen molar-refractivity contribution < 1.29 is 0 Å². The highest BCUT2D eigenvalue weighted by Gasteiger charge is 2.34. The van der Waals surface area contributed by atoms with Crippen LogP contribution in [0.25, 0.3) is 10.9 Å². The third-order valence-corrected chi connectivity index (χ3v) is 4.85. The van der Waals surface area contributed by atoms with Gasteiger partial charge in [-0.25, -0.2) is 0 Å². The number of halogens is 1. The van der Waals surface area contributed by atoms with Gasteiger partial charge in [0.2, 0.25) is 0 Å². The standard InChI is InChI=1S/C14H17BrN2/c15-12-8-17-13-4-3-10(7-11(12)13)14(9-16)5-1-2-6-14/h3-4,7-8,17H,1-2,5-6,9,16H2. The zero-order valence-corrected chi connectivity index (χ0v) is 11.4. The quantitative estimate of drug-likeness (QED) is 0.871. The third kappa shape index (κ3) is 1.72. The summed E-state index contributed by atoms with van der Waals surface area (Å²) in [5.41, 5.74) is 8.86. The Morgan fingerprint density at radius 2 is 2.06 bits per heavy atom. The zero-order chi connectivity index (χ0) is 11.9. The van der Waals surface area contributed by atoms with Gasteiger partial charge in [-0.1, -0.05) is 18.9 Å². The van der Waals surface area contributed by atoms with E-state index in [0.29, 0.717) is 0 Å². The molecule has 3 N–H and O–H groups in total. The highest BCUT2D eigenvalue weighted by atomic mass is 79.9. The summed E-state index contributed by atoms with van der Waals surface area (Å²) in [7, 11) is 0. The molecule has 1 aliphatic rings. The van der Waals surface area contributed by atoms with Crippen LogP contribution in [-0.4, -0.2) is 11.5 Å². The first-order chi connectivity index (χ1) is 8.25. The molecule has 90 valence electrons. The second-order valence-electron chi connectivity index (χ2n) is 5.09. The van der Waals surface area contributed by atoms with Crippen LogP contribution in [0.1, 0.15) is 31.2 Å². The maximum Gasteiger partial charge on any atom is 0.0465 e. The number of rotatable bonds is 2. The lowest BCUT2D eigenvalue weighted by atomic mass is 9.79. The number of hydrogen-bond donors (Lipinski definition) is 2. The third-order valence-electron chi connectivity index (χ3n) is 4.20. The van der Waals surface area contributed by atoms with Crippen molar-refractivity contribution in [3.05, 3.63) is 34.4 Å². The number of aromatic amines is 1. The summed E-state index contributed by atoms with van der Waals surface area (Å²) in [5.74, 6) is 0. The minimum Gasteiger partial charge on any atom is -0.360 e. The number of H-pyrrole nitrogens is 1. The Bertz CT molecular complexity index is 538. The Balaban J connectivity index is 2.13. The molecule has 17 heavy (non-hydrogen) atoms. The summed E-state index contributed by atoms with van der Waals surface area (Å²) < 4.78 is 1.14. The van der Waals surface area contributed by atoms with E-state index in [1.165, 1.54) is 42.1 Å². The Kier molecular flexibility index (Phi) is 2.75. The predicted octanol–water partition coefficient (Wildman–Crippen LogP) is 3.70. The SMILES string of the molecule is NCC1(c2ccc3[nH]cc(Br)c3c2)CCCC1. The van der Waals surface area contributed by atoms with Crippen molar-refractivity contribution in [1.82, 2.24) is 4.98 Å². The summed E-state index contributed by atoms with van der Waals surface area (Å²) in [6.07, 6.45) is 7.08. The van der Waals surface area contributed by atoms with Gasteiger partial charge in [0.1, 0.15) is 0 Å². The minimum atomic E-state index is 0.227. The van der Waals surface area contributed by atoms with E-state index in [9.17, 15) is 0 Å². The van der Waals surface area contributed by atoms with Gasteiger partial charge < -0.3 is 10.7 Å². The fraction of sp³-hybridized carbons (Fsp3) is 0.429. The predicted molar refractivity (Wildman–Crippen MR) is 75.2 cm³/mol. The molecular formula is C14H17BrN2. The number of hydrogen-bond acceptors (Lipinski definition) is 1. The van der Waals surface area contributed by atoms with Crippen molar-refractivity contribution in [3.63, 3.8) is 0 Å². The lowest BCUT2D eigenvalue weighted by Crippen LogP contribution is -2.31. The number of benzene rings is 1. The van der Waals surface area contributed by atoms with Crippen LogP contribution in [0.15, 0.2) is 28.9 Å². The molecular weight excluding hydrogens is 276 g/mol. The molecule has 0 amide bonds. The molecule has 1 aromatic carbocycles. The Labute approximate surface area is 110 Å². The lowest BCUT2D eigenvalue weighted by molar-refractivity contribution is 0.453. The fourth-order valence-electron chi connectivity index (χ4n) is 3.08. The Hall–Kier alpha value is -0.800. The van der Waals surface area contributed by atoms with E-state index < -0.39 is 0 Å². The van der Waals surface area contributed by atoms with Crippen molar-refractivity contribution >= 4 is 26.8 Å². The largest absolute Gasteiger partial charge is 0.360 e. The van der Waals surface area contributed by atoms with Gasteiger partial charge in [0.25, 0.3) is 0 Å². The van der Waals surface area contributed by atoms with E-state index in [0.717, 1.165) is 11.0 Å². The maximum absolute atomic E-state index is 6.04. The smallest absolute Gasteiger partial charge is 0.0465 e. The first kappa shape index (κ1) is 11.3. The molecule has 1 heterocycles. The molecule has 2 aromatic rings. The topological polar surface area (TPSA) is 41.8 Å². The number of nitrogens with one attached hydrogen (secondary N) is 1. The second-order valence-corrected chi connectivity index (χ2v) is 5.94. The molecule has 0 atom stereocenters.